The summed E-state index contributed by atoms with van der Waals surface area (Å²) in [5.74, 6) is 1.72. The summed E-state index contributed by atoms with van der Waals surface area (Å²) in [5.41, 5.74) is 10.7. The van der Waals surface area contributed by atoms with E-state index in [0.717, 1.165) is 66.4 Å². The van der Waals surface area contributed by atoms with Gasteiger partial charge in [-0.2, -0.15) is 0 Å². The standard InChI is InChI=1S/C46H28N4O/c1-47-36-24-14-23-34(27-36)37-25-26-38(46-49-44(32-19-10-4-11-20-32)48-45(50-46)33-21-12-5-13-22-33)41-40-29-35(30-15-6-2-7-16-30)28-39(42(40)51-43(37)41)31-17-8-3-9-18-31/h2-29H. The van der Waals surface area contributed by atoms with Crippen molar-refractivity contribution in [2.45, 2.75) is 0 Å². The van der Waals surface area contributed by atoms with Gasteiger partial charge in [-0.15, -0.1) is 0 Å². The summed E-state index contributed by atoms with van der Waals surface area (Å²) in [7, 11) is 0. The Morgan fingerprint density at radius 2 is 0.922 bits per heavy atom. The highest BCUT2D eigenvalue weighted by molar-refractivity contribution is 6.19. The number of aromatic nitrogens is 3. The lowest BCUT2D eigenvalue weighted by atomic mass is 9.93. The van der Waals surface area contributed by atoms with Crippen LogP contribution in [0.5, 0.6) is 0 Å². The molecule has 7 aromatic carbocycles. The van der Waals surface area contributed by atoms with Gasteiger partial charge in [-0.05, 0) is 52.6 Å². The second kappa shape index (κ2) is 12.7. The lowest BCUT2D eigenvalue weighted by Crippen LogP contribution is -2.00. The van der Waals surface area contributed by atoms with E-state index >= 15 is 0 Å². The SMILES string of the molecule is [C-]#[N+]c1cccc(-c2ccc(-c3nc(-c4ccccc4)nc(-c4ccccc4)n3)c3c2oc2c(-c4ccccc4)cc(-c4ccccc4)cc23)c1. The van der Waals surface area contributed by atoms with Crippen molar-refractivity contribution in [1.29, 1.82) is 0 Å². The second-order valence-corrected chi connectivity index (χ2v) is 12.3. The van der Waals surface area contributed by atoms with E-state index in [2.05, 4.69) is 65.5 Å². The third-order valence-corrected chi connectivity index (χ3v) is 9.14. The van der Waals surface area contributed by atoms with Gasteiger partial charge in [-0.1, -0.05) is 140 Å². The van der Waals surface area contributed by atoms with Crippen molar-refractivity contribution in [3.63, 3.8) is 0 Å². The highest BCUT2D eigenvalue weighted by Crippen LogP contribution is 2.46. The molecule has 0 saturated heterocycles. The fourth-order valence-corrected chi connectivity index (χ4v) is 6.70. The van der Waals surface area contributed by atoms with Gasteiger partial charge in [0, 0.05) is 38.6 Å². The maximum absolute atomic E-state index is 7.69. The van der Waals surface area contributed by atoms with Gasteiger partial charge >= 0.3 is 0 Å². The summed E-state index contributed by atoms with van der Waals surface area (Å²) >= 11 is 0. The van der Waals surface area contributed by atoms with Crippen molar-refractivity contribution < 1.29 is 4.42 Å². The summed E-state index contributed by atoms with van der Waals surface area (Å²) in [5, 5.41) is 1.85. The first kappa shape index (κ1) is 29.9. The molecule has 0 N–H and O–H groups in total. The fourth-order valence-electron chi connectivity index (χ4n) is 6.70. The first-order valence-electron chi connectivity index (χ1n) is 16.7. The van der Waals surface area contributed by atoms with Gasteiger partial charge in [0.15, 0.2) is 23.2 Å². The molecular weight excluding hydrogens is 625 g/mol. The largest absolute Gasteiger partial charge is 0.455 e. The maximum Gasteiger partial charge on any atom is 0.187 e. The Hall–Kier alpha value is -7.16. The van der Waals surface area contributed by atoms with Crippen LogP contribution < -0.4 is 0 Å². The number of nitrogens with zero attached hydrogens (tertiary/aromatic N) is 4. The Morgan fingerprint density at radius 1 is 0.392 bits per heavy atom. The Morgan fingerprint density at radius 3 is 1.53 bits per heavy atom. The van der Waals surface area contributed by atoms with Crippen LogP contribution in [0, 0.1) is 6.57 Å². The van der Waals surface area contributed by atoms with Crippen molar-refractivity contribution in [3.05, 3.63) is 181 Å². The van der Waals surface area contributed by atoms with E-state index in [0.29, 0.717) is 28.7 Å². The highest BCUT2D eigenvalue weighted by Gasteiger charge is 2.23. The van der Waals surface area contributed by atoms with Crippen LogP contribution >= 0.6 is 0 Å². The van der Waals surface area contributed by atoms with Crippen molar-refractivity contribution in [2.75, 3.05) is 0 Å². The molecular formula is C46H28N4O. The van der Waals surface area contributed by atoms with Crippen LogP contribution in [0.2, 0.25) is 0 Å². The molecule has 5 heteroatoms. The van der Waals surface area contributed by atoms with E-state index in [1.54, 1.807) is 0 Å². The van der Waals surface area contributed by atoms with Crippen LogP contribution in [0.3, 0.4) is 0 Å². The monoisotopic (exact) mass is 652 g/mol. The molecule has 0 amide bonds. The number of hydrogen-bond donors (Lipinski definition) is 0. The zero-order valence-electron chi connectivity index (χ0n) is 27.4. The van der Waals surface area contributed by atoms with E-state index in [4.69, 9.17) is 25.9 Å². The normalized spacial score (nSPS) is 11.1. The minimum atomic E-state index is 0.545. The van der Waals surface area contributed by atoms with E-state index < -0.39 is 0 Å². The van der Waals surface area contributed by atoms with Crippen LogP contribution in [-0.2, 0) is 0 Å². The Labute approximate surface area is 295 Å². The summed E-state index contributed by atoms with van der Waals surface area (Å²) in [6.45, 7) is 7.69. The first-order chi connectivity index (χ1) is 25.2. The van der Waals surface area contributed by atoms with Gasteiger partial charge in [0.25, 0.3) is 0 Å². The van der Waals surface area contributed by atoms with E-state index in [1.807, 2.05) is 109 Å². The van der Waals surface area contributed by atoms with Gasteiger partial charge in [0.1, 0.15) is 11.2 Å². The predicted molar refractivity (Wildman–Crippen MR) is 206 cm³/mol. The third-order valence-electron chi connectivity index (χ3n) is 9.14. The van der Waals surface area contributed by atoms with Gasteiger partial charge in [0.2, 0.25) is 0 Å². The lowest BCUT2D eigenvalue weighted by Gasteiger charge is -2.11. The molecule has 0 bridgehead atoms. The summed E-state index contributed by atoms with van der Waals surface area (Å²) in [6, 6.07) is 57.0. The van der Waals surface area contributed by atoms with Crippen molar-refractivity contribution in [3.8, 4) is 67.5 Å². The Kier molecular flexibility index (Phi) is 7.46. The molecule has 0 radical (unpaired) electrons. The number of hydrogen-bond acceptors (Lipinski definition) is 4. The van der Waals surface area contributed by atoms with Crippen LogP contribution in [0.15, 0.2) is 174 Å². The predicted octanol–water partition coefficient (Wildman–Crippen LogP) is 12.3. The van der Waals surface area contributed by atoms with Crippen molar-refractivity contribution >= 4 is 27.6 Å². The lowest BCUT2D eigenvalue weighted by molar-refractivity contribution is 0.671. The van der Waals surface area contributed by atoms with Gasteiger partial charge in [-0.25, -0.2) is 19.8 Å². The van der Waals surface area contributed by atoms with Gasteiger partial charge in [-0.3, -0.25) is 0 Å². The zero-order valence-corrected chi connectivity index (χ0v) is 27.4. The highest BCUT2D eigenvalue weighted by atomic mass is 16.3. The Bertz CT molecular complexity index is 2680. The van der Waals surface area contributed by atoms with E-state index in [-0.39, 0.29) is 0 Å². The zero-order chi connectivity index (χ0) is 34.1. The van der Waals surface area contributed by atoms with Crippen molar-refractivity contribution in [1.82, 2.24) is 15.0 Å². The number of fused-ring (bicyclic) bond motifs is 3. The summed E-state index contributed by atoms with van der Waals surface area (Å²) < 4.78 is 7.03. The molecule has 0 atom stereocenters. The molecule has 2 aromatic heterocycles. The van der Waals surface area contributed by atoms with Crippen molar-refractivity contribution in [2.24, 2.45) is 0 Å². The van der Waals surface area contributed by atoms with Crippen LogP contribution in [0.25, 0.3) is 94.3 Å². The number of benzene rings is 7. The average Bonchev–Trinajstić information content (AvgIpc) is 3.61. The topological polar surface area (TPSA) is 56.2 Å². The molecule has 0 aliphatic heterocycles. The smallest absolute Gasteiger partial charge is 0.187 e. The molecule has 51 heavy (non-hydrogen) atoms. The molecule has 5 nitrogen and oxygen atoms in total. The minimum absolute atomic E-state index is 0.545. The minimum Gasteiger partial charge on any atom is -0.455 e. The number of furan rings is 1. The van der Waals surface area contributed by atoms with Crippen LogP contribution in [-0.4, -0.2) is 15.0 Å². The molecule has 2 heterocycles. The average molecular weight is 653 g/mol. The van der Waals surface area contributed by atoms with E-state index in [9.17, 15) is 0 Å². The molecule has 9 rings (SSSR count). The molecule has 9 aromatic rings. The molecule has 238 valence electrons. The van der Waals surface area contributed by atoms with Gasteiger partial charge in [0.05, 0.1) is 6.57 Å². The Balaban J connectivity index is 1.41. The number of rotatable bonds is 6. The van der Waals surface area contributed by atoms with Crippen LogP contribution in [0.4, 0.5) is 5.69 Å². The maximum atomic E-state index is 7.69. The third kappa shape index (κ3) is 5.51. The quantitative estimate of drug-likeness (QED) is 0.168. The van der Waals surface area contributed by atoms with E-state index in [1.165, 1.54) is 0 Å². The summed E-state index contributed by atoms with van der Waals surface area (Å²) in [6.07, 6.45) is 0. The molecule has 0 unspecified atom stereocenters. The molecule has 0 spiro atoms. The summed E-state index contributed by atoms with van der Waals surface area (Å²) in [4.78, 5) is 18.9. The molecule has 0 aliphatic carbocycles. The molecule has 0 aliphatic rings. The van der Waals surface area contributed by atoms with Gasteiger partial charge < -0.3 is 4.42 Å². The first-order valence-corrected chi connectivity index (χ1v) is 16.7. The molecule has 0 saturated carbocycles. The fraction of sp³-hybridized carbons (Fsp3) is 0. The molecule has 0 fully saturated rings. The van der Waals surface area contributed by atoms with Crippen LogP contribution in [0.1, 0.15) is 0 Å². The second-order valence-electron chi connectivity index (χ2n) is 12.3.